The first-order valence-electron chi connectivity index (χ1n) is 12.8. The minimum Gasteiger partial charge on any atom is -0.450 e. The van der Waals surface area contributed by atoms with Crippen molar-refractivity contribution in [3.63, 3.8) is 0 Å². The second kappa shape index (κ2) is 15.1. The van der Waals surface area contributed by atoms with Crippen molar-refractivity contribution < 1.29 is 30.0 Å². The Kier molecular flexibility index (Phi) is 11.6. The summed E-state index contributed by atoms with van der Waals surface area (Å²) in [5.41, 5.74) is 3.44. The molecule has 3 aromatic rings. The molecule has 0 fully saturated rings. The number of aliphatic hydroxyl groups is 4. The summed E-state index contributed by atoms with van der Waals surface area (Å²) in [7, 11) is 0. The lowest BCUT2D eigenvalue weighted by Gasteiger charge is -2.25. The van der Waals surface area contributed by atoms with E-state index in [0.717, 1.165) is 16.7 Å². The van der Waals surface area contributed by atoms with Gasteiger partial charge in [0.1, 0.15) is 0 Å². The Bertz CT molecular complexity index is 1250. The molecule has 1 aromatic heterocycles. The fourth-order valence-corrected chi connectivity index (χ4v) is 3.97. The van der Waals surface area contributed by atoms with E-state index in [0.29, 0.717) is 30.9 Å². The topological polar surface area (TPSA) is 157 Å². The monoisotopic (exact) mass is 540 g/mol. The van der Waals surface area contributed by atoms with E-state index in [9.17, 15) is 24.9 Å². The molecule has 11 nitrogen and oxygen atoms in total. The summed E-state index contributed by atoms with van der Waals surface area (Å²) >= 11 is 0. The van der Waals surface area contributed by atoms with E-state index in [1.807, 2.05) is 35.2 Å². The third-order valence-electron chi connectivity index (χ3n) is 5.97. The fourth-order valence-electron chi connectivity index (χ4n) is 3.97. The SMILES string of the molecule is CCOC(=O)Nc1cccc(Cn2nc(-c3ccc(CN(CCC(O)CO)CC(O)CO)cc3)ccc2=O)c1. The molecule has 0 bridgehead atoms. The summed E-state index contributed by atoms with van der Waals surface area (Å²) in [5, 5.41) is 45.0. The zero-order chi connectivity index (χ0) is 28.2. The van der Waals surface area contributed by atoms with Gasteiger partial charge < -0.3 is 25.2 Å². The van der Waals surface area contributed by atoms with Gasteiger partial charge in [0.05, 0.1) is 44.3 Å². The van der Waals surface area contributed by atoms with Gasteiger partial charge in [0.25, 0.3) is 5.56 Å². The van der Waals surface area contributed by atoms with Crippen LogP contribution in [0.3, 0.4) is 0 Å². The van der Waals surface area contributed by atoms with Gasteiger partial charge in [0.15, 0.2) is 0 Å². The Hall–Kier alpha value is -3.61. The maximum absolute atomic E-state index is 12.5. The van der Waals surface area contributed by atoms with Gasteiger partial charge in [-0.2, -0.15) is 5.10 Å². The minimum absolute atomic E-state index is 0.213. The van der Waals surface area contributed by atoms with Crippen molar-refractivity contribution in [1.82, 2.24) is 14.7 Å². The average Bonchev–Trinajstić information content (AvgIpc) is 2.93. The van der Waals surface area contributed by atoms with Crippen LogP contribution in [-0.2, 0) is 17.8 Å². The van der Waals surface area contributed by atoms with E-state index in [4.69, 9.17) is 9.84 Å². The molecule has 1 heterocycles. The summed E-state index contributed by atoms with van der Waals surface area (Å²) in [6.45, 7) is 2.62. The van der Waals surface area contributed by atoms with E-state index in [1.165, 1.54) is 10.7 Å². The molecule has 3 rings (SSSR count). The first kappa shape index (κ1) is 29.9. The first-order valence-corrected chi connectivity index (χ1v) is 12.8. The van der Waals surface area contributed by atoms with Crippen LogP contribution in [0.15, 0.2) is 65.5 Å². The summed E-state index contributed by atoms with van der Waals surface area (Å²) in [6.07, 6.45) is -1.98. The van der Waals surface area contributed by atoms with Crippen molar-refractivity contribution >= 4 is 11.8 Å². The van der Waals surface area contributed by atoms with Crippen molar-refractivity contribution in [2.75, 3.05) is 38.2 Å². The number of ether oxygens (including phenoxy) is 1. The van der Waals surface area contributed by atoms with Crippen LogP contribution in [0.1, 0.15) is 24.5 Å². The number of aromatic nitrogens is 2. The second-order valence-corrected chi connectivity index (χ2v) is 9.15. The van der Waals surface area contributed by atoms with Crippen molar-refractivity contribution in [3.8, 4) is 11.3 Å². The molecule has 5 N–H and O–H groups in total. The van der Waals surface area contributed by atoms with Gasteiger partial charge in [-0.1, -0.05) is 36.4 Å². The second-order valence-electron chi connectivity index (χ2n) is 9.15. The summed E-state index contributed by atoms with van der Waals surface area (Å²) < 4.78 is 6.26. The number of nitrogens with one attached hydrogen (secondary N) is 1. The zero-order valence-corrected chi connectivity index (χ0v) is 21.9. The van der Waals surface area contributed by atoms with Crippen LogP contribution in [0.2, 0.25) is 0 Å². The van der Waals surface area contributed by atoms with Crippen molar-refractivity contribution in [2.24, 2.45) is 0 Å². The predicted octanol–water partition coefficient (Wildman–Crippen LogP) is 1.43. The molecule has 0 aliphatic carbocycles. The van der Waals surface area contributed by atoms with Crippen LogP contribution >= 0.6 is 0 Å². The van der Waals surface area contributed by atoms with Gasteiger partial charge in [0, 0.05) is 37.0 Å². The Labute approximate surface area is 226 Å². The smallest absolute Gasteiger partial charge is 0.411 e. The molecule has 0 aliphatic rings. The highest BCUT2D eigenvalue weighted by atomic mass is 16.5. The maximum atomic E-state index is 12.5. The van der Waals surface area contributed by atoms with E-state index in [2.05, 4.69) is 10.4 Å². The molecule has 210 valence electrons. The minimum atomic E-state index is -0.914. The van der Waals surface area contributed by atoms with Gasteiger partial charge in [-0.15, -0.1) is 0 Å². The molecule has 11 heteroatoms. The standard InChI is InChI=1S/C28H36N4O7/c1-2-39-28(38)29-23-5-3-4-21(14-23)16-32-27(37)11-10-26(30-32)22-8-6-20(7-9-22)15-31(17-25(36)19-34)13-12-24(35)18-33/h3-11,14,24-25,33-36H,2,12-13,15-19H2,1H3,(H,29,38). The van der Waals surface area contributed by atoms with Crippen LogP contribution in [-0.4, -0.2) is 86.3 Å². The summed E-state index contributed by atoms with van der Waals surface area (Å²) in [5.74, 6) is 0. The molecule has 39 heavy (non-hydrogen) atoms. The van der Waals surface area contributed by atoms with Crippen molar-refractivity contribution in [3.05, 3.63) is 82.1 Å². The number of rotatable bonds is 14. The van der Waals surface area contributed by atoms with Crippen LogP contribution in [0.4, 0.5) is 10.5 Å². The van der Waals surface area contributed by atoms with Crippen LogP contribution in [0, 0.1) is 0 Å². The van der Waals surface area contributed by atoms with E-state index in [-0.39, 0.29) is 38.5 Å². The third-order valence-corrected chi connectivity index (χ3v) is 5.97. The van der Waals surface area contributed by atoms with Gasteiger partial charge in [0.2, 0.25) is 0 Å². The lowest BCUT2D eigenvalue weighted by Crippen LogP contribution is -2.36. The van der Waals surface area contributed by atoms with Gasteiger partial charge in [-0.25, -0.2) is 9.48 Å². The Morgan fingerprint density at radius 1 is 1.03 bits per heavy atom. The highest BCUT2D eigenvalue weighted by Gasteiger charge is 2.14. The number of nitrogens with zero attached hydrogens (tertiary/aromatic N) is 3. The van der Waals surface area contributed by atoms with Crippen molar-refractivity contribution in [1.29, 1.82) is 0 Å². The lowest BCUT2D eigenvalue weighted by atomic mass is 10.1. The Morgan fingerprint density at radius 2 is 1.77 bits per heavy atom. The molecule has 0 radical (unpaired) electrons. The van der Waals surface area contributed by atoms with Crippen LogP contribution in [0.5, 0.6) is 0 Å². The number of carbonyl (C=O) groups excluding carboxylic acids is 1. The van der Waals surface area contributed by atoms with E-state index >= 15 is 0 Å². The number of hydrogen-bond acceptors (Lipinski definition) is 9. The predicted molar refractivity (Wildman–Crippen MR) is 146 cm³/mol. The lowest BCUT2D eigenvalue weighted by molar-refractivity contribution is 0.0418. The number of carbonyl (C=O) groups is 1. The molecule has 2 unspecified atom stereocenters. The quantitative estimate of drug-likeness (QED) is 0.204. The van der Waals surface area contributed by atoms with Crippen molar-refractivity contribution in [2.45, 2.75) is 38.6 Å². The van der Waals surface area contributed by atoms with Gasteiger partial charge in [-0.3, -0.25) is 15.0 Å². The van der Waals surface area contributed by atoms with E-state index < -0.39 is 18.3 Å². The van der Waals surface area contributed by atoms with Gasteiger partial charge in [-0.05, 0) is 42.7 Å². The highest BCUT2D eigenvalue weighted by Crippen LogP contribution is 2.18. The molecule has 0 aliphatic heterocycles. The van der Waals surface area contributed by atoms with Gasteiger partial charge >= 0.3 is 6.09 Å². The number of anilines is 1. The Balaban J connectivity index is 1.72. The zero-order valence-electron chi connectivity index (χ0n) is 21.9. The number of aliphatic hydroxyl groups excluding tert-OH is 4. The number of benzene rings is 2. The maximum Gasteiger partial charge on any atom is 0.411 e. The summed E-state index contributed by atoms with van der Waals surface area (Å²) in [4.78, 5) is 26.1. The average molecular weight is 541 g/mol. The molecule has 0 saturated heterocycles. The third kappa shape index (κ3) is 9.57. The first-order chi connectivity index (χ1) is 18.8. The number of hydrogen-bond donors (Lipinski definition) is 5. The molecule has 0 spiro atoms. The highest BCUT2D eigenvalue weighted by molar-refractivity contribution is 5.84. The Morgan fingerprint density at radius 3 is 2.46 bits per heavy atom. The largest absolute Gasteiger partial charge is 0.450 e. The molecular formula is C28H36N4O7. The molecule has 2 atom stereocenters. The molecule has 1 amide bonds. The normalized spacial score (nSPS) is 12.8. The summed E-state index contributed by atoms with van der Waals surface area (Å²) in [6, 6.07) is 17.8. The van der Waals surface area contributed by atoms with E-state index in [1.54, 1.807) is 31.2 Å². The number of amides is 1. The molecule has 0 saturated carbocycles. The van der Waals surface area contributed by atoms with Crippen LogP contribution in [0.25, 0.3) is 11.3 Å². The molecule has 2 aromatic carbocycles. The van der Waals surface area contributed by atoms with Crippen LogP contribution < -0.4 is 10.9 Å². The fraction of sp³-hybridized carbons (Fsp3) is 0.393. The molecular weight excluding hydrogens is 504 g/mol.